The average molecular weight is 214 g/mol. The van der Waals surface area contributed by atoms with Crippen LogP contribution in [0.25, 0.3) is 0 Å². The fourth-order valence-electron chi connectivity index (χ4n) is 1.10. The van der Waals surface area contributed by atoms with Gasteiger partial charge in [0.05, 0.1) is 13.7 Å². The average Bonchev–Trinajstić information content (AvgIpc) is 2.17. The lowest BCUT2D eigenvalue weighted by Crippen LogP contribution is -2.31. The van der Waals surface area contributed by atoms with E-state index in [2.05, 4.69) is 4.74 Å². The molecule has 0 saturated heterocycles. The maximum absolute atomic E-state index is 11.2. The monoisotopic (exact) mass is 214 g/mol. The van der Waals surface area contributed by atoms with Crippen molar-refractivity contribution in [2.24, 2.45) is 5.73 Å². The molecular weight excluding hydrogens is 196 g/mol. The van der Waals surface area contributed by atoms with E-state index in [1.54, 1.807) is 18.0 Å². The van der Waals surface area contributed by atoms with Crippen LogP contribution in [0.15, 0.2) is 11.6 Å². The molecule has 0 rings (SSSR count). The van der Waals surface area contributed by atoms with E-state index in [0.29, 0.717) is 18.5 Å². The van der Waals surface area contributed by atoms with Gasteiger partial charge >= 0.3 is 5.97 Å². The topological polar surface area (TPSA) is 72.6 Å². The van der Waals surface area contributed by atoms with Crippen LogP contribution in [-0.2, 0) is 14.3 Å². The number of rotatable bonds is 6. The van der Waals surface area contributed by atoms with Gasteiger partial charge < -0.3 is 10.5 Å². The van der Waals surface area contributed by atoms with E-state index in [1.807, 2.05) is 6.92 Å². The van der Waals surface area contributed by atoms with E-state index in [0.717, 1.165) is 0 Å². The number of likely N-dealkylation sites (N-methyl/N-ethyl adjacent to an activating group) is 1. The number of carbonyl (C=O) groups excluding carboxylic acids is 2. The molecule has 0 aliphatic heterocycles. The molecule has 2 N–H and O–H groups in total. The predicted octanol–water partition coefficient (Wildman–Crippen LogP) is -0.0871. The molecule has 0 bridgehead atoms. The van der Waals surface area contributed by atoms with Gasteiger partial charge in [-0.3, -0.25) is 9.69 Å². The molecule has 0 saturated carbocycles. The summed E-state index contributed by atoms with van der Waals surface area (Å²) < 4.78 is 4.60. The van der Waals surface area contributed by atoms with E-state index in [-0.39, 0.29) is 18.4 Å². The van der Waals surface area contributed by atoms with Gasteiger partial charge in [-0.25, -0.2) is 4.79 Å². The number of amides is 1. The molecule has 0 aromatic carbocycles. The summed E-state index contributed by atoms with van der Waals surface area (Å²) in [6, 6.07) is 0. The van der Waals surface area contributed by atoms with Crippen LogP contribution in [0.1, 0.15) is 13.3 Å². The zero-order chi connectivity index (χ0) is 11.8. The number of carbonyl (C=O) groups is 2. The molecule has 15 heavy (non-hydrogen) atoms. The Labute approximate surface area is 89.9 Å². The maximum Gasteiger partial charge on any atom is 0.333 e. The molecule has 0 aromatic heterocycles. The van der Waals surface area contributed by atoms with Crippen molar-refractivity contribution in [1.29, 1.82) is 0 Å². The van der Waals surface area contributed by atoms with Crippen molar-refractivity contribution in [1.82, 2.24) is 4.90 Å². The summed E-state index contributed by atoms with van der Waals surface area (Å²) in [5, 5.41) is 0. The molecule has 0 fully saturated rings. The van der Waals surface area contributed by atoms with E-state index < -0.39 is 0 Å². The molecule has 0 radical (unpaired) electrons. The molecule has 0 atom stereocenters. The zero-order valence-electron chi connectivity index (χ0n) is 9.45. The van der Waals surface area contributed by atoms with Crippen molar-refractivity contribution in [3.05, 3.63) is 11.6 Å². The first-order chi connectivity index (χ1) is 7.01. The summed E-state index contributed by atoms with van der Waals surface area (Å²) in [4.78, 5) is 23.5. The van der Waals surface area contributed by atoms with Crippen molar-refractivity contribution >= 4 is 11.9 Å². The highest BCUT2D eigenvalue weighted by molar-refractivity contribution is 5.88. The van der Waals surface area contributed by atoms with Crippen LogP contribution < -0.4 is 5.73 Å². The number of hydrogen-bond donors (Lipinski definition) is 1. The van der Waals surface area contributed by atoms with Crippen LogP contribution in [-0.4, -0.2) is 44.0 Å². The van der Waals surface area contributed by atoms with Crippen LogP contribution in [0, 0.1) is 0 Å². The molecule has 0 aromatic rings. The second kappa shape index (κ2) is 7.00. The van der Waals surface area contributed by atoms with Crippen LogP contribution >= 0.6 is 0 Å². The lowest BCUT2D eigenvalue weighted by molar-refractivity contribution is -0.136. The Kier molecular flexibility index (Phi) is 6.37. The van der Waals surface area contributed by atoms with E-state index in [4.69, 9.17) is 5.73 Å². The minimum atomic E-state index is -0.387. The van der Waals surface area contributed by atoms with Gasteiger partial charge in [0, 0.05) is 12.1 Å². The molecule has 0 aliphatic rings. The predicted molar refractivity (Wildman–Crippen MR) is 57.1 cm³/mol. The van der Waals surface area contributed by atoms with Gasteiger partial charge in [0.25, 0.3) is 0 Å². The van der Waals surface area contributed by atoms with Gasteiger partial charge in [-0.2, -0.15) is 0 Å². The molecule has 5 nitrogen and oxygen atoms in total. The quantitative estimate of drug-likeness (QED) is 0.495. The molecule has 0 unspecified atom stereocenters. The summed E-state index contributed by atoms with van der Waals surface area (Å²) in [6.07, 6.45) is 2.35. The van der Waals surface area contributed by atoms with E-state index in [1.165, 1.54) is 7.11 Å². The number of nitrogens with zero attached hydrogens (tertiary/aromatic N) is 1. The van der Waals surface area contributed by atoms with Crippen LogP contribution in [0.5, 0.6) is 0 Å². The van der Waals surface area contributed by atoms with Gasteiger partial charge in [-0.1, -0.05) is 13.0 Å². The number of methoxy groups -OCH3 is 1. The standard InChI is InChI=1S/C10H18N2O3/c1-4-8(10(14)15-3)5-6-12(2)7-9(11)13/h5H,4,6-7H2,1-3H3,(H2,11,13). The van der Waals surface area contributed by atoms with Gasteiger partial charge in [0.1, 0.15) is 0 Å². The SMILES string of the molecule is CCC(=CCN(C)CC(N)=O)C(=O)OC. The third-order valence-corrected chi connectivity index (χ3v) is 1.90. The van der Waals surface area contributed by atoms with Gasteiger partial charge in [-0.15, -0.1) is 0 Å². The Morgan fingerprint density at radius 1 is 1.47 bits per heavy atom. The first kappa shape index (κ1) is 13.6. The second-order valence-electron chi connectivity index (χ2n) is 3.24. The highest BCUT2D eigenvalue weighted by Crippen LogP contribution is 2.02. The van der Waals surface area contributed by atoms with E-state index >= 15 is 0 Å². The summed E-state index contributed by atoms with van der Waals surface area (Å²) in [7, 11) is 3.10. The number of esters is 1. The minimum absolute atomic E-state index is 0.175. The van der Waals surface area contributed by atoms with Crippen molar-refractivity contribution in [3.63, 3.8) is 0 Å². The Morgan fingerprint density at radius 3 is 2.47 bits per heavy atom. The second-order valence-corrected chi connectivity index (χ2v) is 3.24. The Morgan fingerprint density at radius 2 is 2.07 bits per heavy atom. The minimum Gasteiger partial charge on any atom is -0.466 e. The smallest absolute Gasteiger partial charge is 0.333 e. The lowest BCUT2D eigenvalue weighted by atomic mass is 10.2. The van der Waals surface area contributed by atoms with Gasteiger partial charge in [0.15, 0.2) is 0 Å². The molecule has 1 amide bonds. The molecular formula is C10H18N2O3. The number of primary amides is 1. The largest absolute Gasteiger partial charge is 0.466 e. The van der Waals surface area contributed by atoms with Crippen molar-refractivity contribution < 1.29 is 14.3 Å². The summed E-state index contributed by atoms with van der Waals surface area (Å²) in [6.45, 7) is 2.55. The third-order valence-electron chi connectivity index (χ3n) is 1.90. The molecule has 0 heterocycles. The fourth-order valence-corrected chi connectivity index (χ4v) is 1.10. The third kappa shape index (κ3) is 5.85. The first-order valence-electron chi connectivity index (χ1n) is 4.75. The Bertz CT molecular complexity index is 261. The molecule has 5 heteroatoms. The number of nitrogens with two attached hydrogens (primary N) is 1. The zero-order valence-corrected chi connectivity index (χ0v) is 9.45. The van der Waals surface area contributed by atoms with Crippen LogP contribution in [0.3, 0.4) is 0 Å². The highest BCUT2D eigenvalue weighted by Gasteiger charge is 2.07. The Balaban J connectivity index is 4.22. The maximum atomic E-state index is 11.2. The fraction of sp³-hybridized carbons (Fsp3) is 0.600. The van der Waals surface area contributed by atoms with Gasteiger partial charge in [0.2, 0.25) is 5.91 Å². The highest BCUT2D eigenvalue weighted by atomic mass is 16.5. The molecule has 0 aliphatic carbocycles. The first-order valence-corrected chi connectivity index (χ1v) is 4.75. The van der Waals surface area contributed by atoms with Gasteiger partial charge in [-0.05, 0) is 13.5 Å². The summed E-state index contributed by atoms with van der Waals surface area (Å²) >= 11 is 0. The van der Waals surface area contributed by atoms with Crippen molar-refractivity contribution in [2.45, 2.75) is 13.3 Å². The molecule has 0 spiro atoms. The van der Waals surface area contributed by atoms with E-state index in [9.17, 15) is 9.59 Å². The summed E-state index contributed by atoms with van der Waals surface area (Å²) in [5.74, 6) is -0.716. The molecule has 86 valence electrons. The van der Waals surface area contributed by atoms with Crippen molar-refractivity contribution in [2.75, 3.05) is 27.2 Å². The number of hydrogen-bond acceptors (Lipinski definition) is 4. The Hall–Kier alpha value is -1.36. The summed E-state index contributed by atoms with van der Waals surface area (Å²) in [5.41, 5.74) is 5.63. The number of ether oxygens (including phenoxy) is 1. The lowest BCUT2D eigenvalue weighted by Gasteiger charge is -2.12. The van der Waals surface area contributed by atoms with Crippen LogP contribution in [0.4, 0.5) is 0 Å². The van der Waals surface area contributed by atoms with Crippen molar-refractivity contribution in [3.8, 4) is 0 Å². The normalized spacial score (nSPS) is 11.6. The van der Waals surface area contributed by atoms with Crippen LogP contribution in [0.2, 0.25) is 0 Å².